The highest BCUT2D eigenvalue weighted by Crippen LogP contribution is 2.43. The number of hydrogen-bond donors (Lipinski definition) is 1. The molecule has 1 N–H and O–H groups in total. The van der Waals surface area contributed by atoms with Crippen LogP contribution in [0.4, 0.5) is 5.00 Å². The van der Waals surface area contributed by atoms with E-state index in [1.54, 1.807) is 19.1 Å². The minimum atomic E-state index is -0.619. The molecule has 0 atom stereocenters. The summed E-state index contributed by atoms with van der Waals surface area (Å²) in [5.41, 5.74) is 1.73. The van der Waals surface area contributed by atoms with Crippen LogP contribution in [-0.4, -0.2) is 31.1 Å². The summed E-state index contributed by atoms with van der Waals surface area (Å²) in [4.78, 5) is 38.0. The predicted molar refractivity (Wildman–Crippen MR) is 134 cm³/mol. The summed E-state index contributed by atoms with van der Waals surface area (Å²) < 4.78 is 10.8. The third-order valence-electron chi connectivity index (χ3n) is 5.00. The van der Waals surface area contributed by atoms with E-state index in [0.29, 0.717) is 15.5 Å². The minimum absolute atomic E-state index is 0.163. The summed E-state index contributed by atoms with van der Waals surface area (Å²) in [5, 5.41) is 4.50. The molecule has 0 unspecified atom stereocenters. The molecule has 0 aliphatic carbocycles. The van der Waals surface area contributed by atoms with Crippen molar-refractivity contribution in [3.8, 4) is 11.1 Å². The third-order valence-corrected chi connectivity index (χ3v) is 6.32. The highest BCUT2D eigenvalue weighted by Gasteiger charge is 2.26. The molecule has 0 fully saturated rings. The predicted octanol–water partition coefficient (Wildman–Crippen LogP) is 6.19. The lowest BCUT2D eigenvalue weighted by atomic mass is 10.0. The van der Waals surface area contributed by atoms with Crippen LogP contribution in [-0.2, 0) is 14.3 Å². The molecule has 1 amide bonds. The van der Waals surface area contributed by atoms with Crippen molar-refractivity contribution in [3.05, 3.63) is 88.3 Å². The number of halogens is 1. The first kappa shape index (κ1) is 23.5. The monoisotopic (exact) mass is 493 g/mol. The Kier molecular flexibility index (Phi) is 7.25. The summed E-state index contributed by atoms with van der Waals surface area (Å²) in [5.74, 6) is -1.82. The third kappa shape index (κ3) is 4.95. The molecule has 0 saturated carbocycles. The van der Waals surface area contributed by atoms with Gasteiger partial charge in [-0.1, -0.05) is 78.3 Å². The van der Waals surface area contributed by atoms with Crippen LogP contribution in [0.5, 0.6) is 0 Å². The Hall–Kier alpha value is -3.68. The van der Waals surface area contributed by atoms with Gasteiger partial charge in [-0.25, -0.2) is 9.59 Å². The molecule has 34 heavy (non-hydrogen) atoms. The first-order chi connectivity index (χ1) is 16.5. The molecule has 3 aromatic carbocycles. The topological polar surface area (TPSA) is 81.7 Å². The van der Waals surface area contributed by atoms with E-state index >= 15 is 0 Å². The lowest BCUT2D eigenvalue weighted by molar-refractivity contribution is -0.119. The number of carbonyl (C=O) groups is 3. The Labute approximate surface area is 205 Å². The summed E-state index contributed by atoms with van der Waals surface area (Å²) in [6, 6.07) is 21.8. The number of amides is 1. The van der Waals surface area contributed by atoms with Crippen LogP contribution < -0.4 is 5.32 Å². The Morgan fingerprint density at radius 1 is 0.882 bits per heavy atom. The van der Waals surface area contributed by atoms with Crippen molar-refractivity contribution in [1.29, 1.82) is 0 Å². The molecule has 172 valence electrons. The van der Waals surface area contributed by atoms with Crippen LogP contribution in [0.3, 0.4) is 0 Å². The second kappa shape index (κ2) is 10.5. The van der Waals surface area contributed by atoms with Crippen LogP contribution in [0.2, 0.25) is 4.34 Å². The van der Waals surface area contributed by atoms with Gasteiger partial charge in [0.15, 0.2) is 6.61 Å². The summed E-state index contributed by atoms with van der Waals surface area (Å²) in [7, 11) is 0. The van der Waals surface area contributed by atoms with Gasteiger partial charge in [0.05, 0.1) is 12.2 Å². The normalized spacial score (nSPS) is 10.6. The standard InChI is InChI=1S/C26H20ClNO5S/c1-2-32-26(31)22-21(17-10-4-3-5-11-17)23(27)34-24(22)28-20(29)15-33-25(30)19-14-8-12-16-9-6-7-13-18(16)19/h3-14H,2,15H2,1H3,(H,28,29). The van der Waals surface area contributed by atoms with Crippen LogP contribution >= 0.6 is 22.9 Å². The average Bonchev–Trinajstić information content (AvgIpc) is 3.18. The molecule has 0 aliphatic heterocycles. The zero-order chi connectivity index (χ0) is 24.1. The van der Waals surface area contributed by atoms with Gasteiger partial charge in [0.25, 0.3) is 5.91 Å². The lowest BCUT2D eigenvalue weighted by Gasteiger charge is -2.10. The second-order valence-electron chi connectivity index (χ2n) is 7.19. The number of rotatable bonds is 7. The van der Waals surface area contributed by atoms with E-state index < -0.39 is 24.5 Å². The molecule has 4 aromatic rings. The Bertz CT molecular complexity index is 1360. The number of esters is 2. The molecule has 1 aromatic heterocycles. The van der Waals surface area contributed by atoms with Crippen LogP contribution in [0.25, 0.3) is 21.9 Å². The molecule has 0 saturated heterocycles. The molecular weight excluding hydrogens is 474 g/mol. The fourth-order valence-electron chi connectivity index (χ4n) is 3.53. The summed E-state index contributed by atoms with van der Waals surface area (Å²) in [6.45, 7) is 1.33. The van der Waals surface area contributed by atoms with Gasteiger partial charge in [0, 0.05) is 5.56 Å². The van der Waals surface area contributed by atoms with Crippen molar-refractivity contribution >= 4 is 56.6 Å². The minimum Gasteiger partial charge on any atom is -0.462 e. The Morgan fingerprint density at radius 3 is 2.35 bits per heavy atom. The van der Waals surface area contributed by atoms with E-state index in [1.165, 1.54) is 0 Å². The smallest absolute Gasteiger partial charge is 0.341 e. The number of ether oxygens (including phenoxy) is 2. The van der Waals surface area contributed by atoms with Crippen molar-refractivity contribution in [2.75, 3.05) is 18.5 Å². The molecule has 6 nitrogen and oxygen atoms in total. The first-order valence-corrected chi connectivity index (χ1v) is 11.7. The molecule has 1 heterocycles. The maximum Gasteiger partial charge on any atom is 0.341 e. The lowest BCUT2D eigenvalue weighted by Crippen LogP contribution is -2.22. The number of nitrogens with one attached hydrogen (secondary N) is 1. The molecule has 8 heteroatoms. The number of anilines is 1. The maximum absolute atomic E-state index is 12.7. The van der Waals surface area contributed by atoms with Crippen molar-refractivity contribution in [2.45, 2.75) is 6.92 Å². The van der Waals surface area contributed by atoms with E-state index in [4.69, 9.17) is 21.1 Å². The van der Waals surface area contributed by atoms with Gasteiger partial charge >= 0.3 is 11.9 Å². The maximum atomic E-state index is 12.7. The van der Waals surface area contributed by atoms with Crippen molar-refractivity contribution in [1.82, 2.24) is 0 Å². The number of hydrogen-bond acceptors (Lipinski definition) is 6. The van der Waals surface area contributed by atoms with Gasteiger partial charge in [0.2, 0.25) is 0 Å². The number of fused-ring (bicyclic) bond motifs is 1. The van der Waals surface area contributed by atoms with Crippen molar-refractivity contribution in [3.63, 3.8) is 0 Å². The van der Waals surface area contributed by atoms with E-state index in [0.717, 1.165) is 27.7 Å². The fraction of sp³-hybridized carbons (Fsp3) is 0.115. The highest BCUT2D eigenvalue weighted by atomic mass is 35.5. The highest BCUT2D eigenvalue weighted by molar-refractivity contribution is 7.21. The Morgan fingerprint density at radius 2 is 1.59 bits per heavy atom. The van der Waals surface area contributed by atoms with Crippen molar-refractivity contribution in [2.24, 2.45) is 0 Å². The van der Waals surface area contributed by atoms with E-state index in [1.807, 2.05) is 60.7 Å². The second-order valence-corrected chi connectivity index (χ2v) is 8.82. The SMILES string of the molecule is CCOC(=O)c1c(NC(=O)COC(=O)c2cccc3ccccc23)sc(Cl)c1-c1ccccc1. The number of thiophene rings is 1. The molecule has 0 bridgehead atoms. The van der Waals surface area contributed by atoms with Gasteiger partial charge < -0.3 is 14.8 Å². The average molecular weight is 494 g/mol. The van der Waals surface area contributed by atoms with Gasteiger partial charge in [-0.15, -0.1) is 11.3 Å². The number of benzene rings is 3. The van der Waals surface area contributed by atoms with E-state index in [2.05, 4.69) is 5.32 Å². The zero-order valence-electron chi connectivity index (χ0n) is 18.2. The van der Waals surface area contributed by atoms with Crippen LogP contribution in [0.1, 0.15) is 27.6 Å². The van der Waals surface area contributed by atoms with Gasteiger partial charge in [-0.2, -0.15) is 0 Å². The number of carbonyl (C=O) groups excluding carboxylic acids is 3. The van der Waals surface area contributed by atoms with Gasteiger partial charge in [-0.3, -0.25) is 4.79 Å². The van der Waals surface area contributed by atoms with Gasteiger partial charge in [-0.05, 0) is 29.3 Å². The summed E-state index contributed by atoms with van der Waals surface area (Å²) >= 11 is 7.49. The summed E-state index contributed by atoms with van der Waals surface area (Å²) in [6.07, 6.45) is 0. The van der Waals surface area contributed by atoms with E-state index in [9.17, 15) is 14.4 Å². The Balaban J connectivity index is 1.54. The van der Waals surface area contributed by atoms with Crippen molar-refractivity contribution < 1.29 is 23.9 Å². The molecular formula is C26H20ClNO5S. The first-order valence-electron chi connectivity index (χ1n) is 10.5. The van der Waals surface area contributed by atoms with Crippen LogP contribution in [0.15, 0.2) is 72.8 Å². The largest absolute Gasteiger partial charge is 0.462 e. The molecule has 0 aliphatic rings. The molecule has 4 rings (SSSR count). The molecule has 0 radical (unpaired) electrons. The molecule has 0 spiro atoms. The zero-order valence-corrected chi connectivity index (χ0v) is 19.7. The van der Waals surface area contributed by atoms with E-state index in [-0.39, 0.29) is 17.2 Å². The fourth-order valence-corrected chi connectivity index (χ4v) is 4.92. The van der Waals surface area contributed by atoms with Crippen LogP contribution in [0, 0.1) is 0 Å². The quantitative estimate of drug-likeness (QED) is 0.310. The van der Waals surface area contributed by atoms with Gasteiger partial charge in [0.1, 0.15) is 14.9 Å².